The van der Waals surface area contributed by atoms with E-state index in [0.29, 0.717) is 44.5 Å². The van der Waals surface area contributed by atoms with Crippen LogP contribution in [0.3, 0.4) is 0 Å². The number of ether oxygens (including phenoxy) is 2. The second kappa shape index (κ2) is 13.5. The number of nitrogens with one attached hydrogen (secondary N) is 2. The molecular weight excluding hydrogens is 622 g/mol. The SMILES string of the molecule is CCOc1cc(/C=C2\SC(=O)N(CC(=O)Nc3ccccc3)C2=O)cc(Br)c1OCC(=O)Nc1ccccc1Cl. The Balaban J connectivity index is 1.45. The molecule has 2 N–H and O–H groups in total. The predicted octanol–water partition coefficient (Wildman–Crippen LogP) is 6.19. The second-order valence-corrected chi connectivity index (χ2v) is 10.5. The van der Waals surface area contributed by atoms with E-state index in [1.807, 2.05) is 6.07 Å². The van der Waals surface area contributed by atoms with Gasteiger partial charge in [-0.05, 0) is 82.7 Å². The Morgan fingerprint density at radius 3 is 2.45 bits per heavy atom. The van der Waals surface area contributed by atoms with Gasteiger partial charge in [-0.1, -0.05) is 41.9 Å². The highest BCUT2D eigenvalue weighted by atomic mass is 79.9. The summed E-state index contributed by atoms with van der Waals surface area (Å²) in [5, 5.41) is 5.20. The number of halogens is 2. The maximum absolute atomic E-state index is 12.9. The minimum Gasteiger partial charge on any atom is -0.490 e. The summed E-state index contributed by atoms with van der Waals surface area (Å²) in [6, 6.07) is 18.9. The summed E-state index contributed by atoms with van der Waals surface area (Å²) in [4.78, 5) is 51.3. The molecule has 0 saturated carbocycles. The van der Waals surface area contributed by atoms with Crippen molar-refractivity contribution in [1.82, 2.24) is 4.90 Å². The van der Waals surface area contributed by atoms with E-state index >= 15 is 0 Å². The maximum atomic E-state index is 12.9. The van der Waals surface area contributed by atoms with Crippen molar-refractivity contribution in [2.24, 2.45) is 0 Å². The molecule has 0 atom stereocenters. The molecule has 0 bridgehead atoms. The van der Waals surface area contributed by atoms with Crippen molar-refractivity contribution in [2.45, 2.75) is 6.92 Å². The third-order valence-corrected chi connectivity index (χ3v) is 7.18. The van der Waals surface area contributed by atoms with E-state index in [0.717, 1.165) is 16.7 Å². The second-order valence-electron chi connectivity index (χ2n) is 8.26. The Hall–Kier alpha value is -3.80. The van der Waals surface area contributed by atoms with Gasteiger partial charge >= 0.3 is 0 Å². The number of nitrogens with zero attached hydrogens (tertiary/aromatic N) is 1. The van der Waals surface area contributed by atoms with Crippen LogP contribution in [0.15, 0.2) is 76.1 Å². The van der Waals surface area contributed by atoms with Gasteiger partial charge in [0.25, 0.3) is 17.1 Å². The quantitative estimate of drug-likeness (QED) is 0.253. The fourth-order valence-corrected chi connectivity index (χ4v) is 5.21. The first-order chi connectivity index (χ1) is 19.2. The van der Waals surface area contributed by atoms with Gasteiger partial charge in [-0.3, -0.25) is 24.1 Å². The summed E-state index contributed by atoms with van der Waals surface area (Å²) >= 11 is 10.3. The minimum absolute atomic E-state index is 0.152. The zero-order valence-corrected chi connectivity index (χ0v) is 24.3. The molecule has 3 aromatic rings. The van der Waals surface area contributed by atoms with Gasteiger partial charge in [0.2, 0.25) is 5.91 Å². The fourth-order valence-electron chi connectivity index (χ4n) is 3.61. The lowest BCUT2D eigenvalue weighted by molar-refractivity contribution is -0.127. The molecule has 1 aliphatic heterocycles. The van der Waals surface area contributed by atoms with E-state index in [-0.39, 0.29) is 11.5 Å². The average molecular weight is 645 g/mol. The Morgan fingerprint density at radius 1 is 1.00 bits per heavy atom. The molecule has 0 unspecified atom stereocenters. The standard InChI is InChI=1S/C28H23BrClN3O6S/c1-2-38-22-13-17(12-19(29)26(22)39-16-25(35)32-21-11-7-6-10-20(21)30)14-23-27(36)33(28(37)40-23)15-24(34)31-18-8-4-3-5-9-18/h3-14H,2,15-16H2,1H3,(H,31,34)(H,32,35)/b23-14-. The molecule has 9 nitrogen and oxygen atoms in total. The Kier molecular flexibility index (Phi) is 9.86. The van der Waals surface area contributed by atoms with Crippen molar-refractivity contribution in [3.63, 3.8) is 0 Å². The van der Waals surface area contributed by atoms with Crippen LogP contribution >= 0.6 is 39.3 Å². The van der Waals surface area contributed by atoms with E-state index in [2.05, 4.69) is 26.6 Å². The number of benzene rings is 3. The molecule has 206 valence electrons. The van der Waals surface area contributed by atoms with Crippen LogP contribution in [0.5, 0.6) is 11.5 Å². The van der Waals surface area contributed by atoms with Crippen molar-refractivity contribution in [2.75, 3.05) is 30.4 Å². The monoisotopic (exact) mass is 643 g/mol. The minimum atomic E-state index is -0.580. The van der Waals surface area contributed by atoms with E-state index in [9.17, 15) is 19.2 Å². The lowest BCUT2D eigenvalue weighted by atomic mass is 10.2. The van der Waals surface area contributed by atoms with Gasteiger partial charge in [0.15, 0.2) is 18.1 Å². The van der Waals surface area contributed by atoms with Crippen LogP contribution in [0, 0.1) is 0 Å². The predicted molar refractivity (Wildman–Crippen MR) is 159 cm³/mol. The first-order valence-electron chi connectivity index (χ1n) is 12.0. The molecule has 0 aliphatic carbocycles. The molecule has 1 saturated heterocycles. The van der Waals surface area contributed by atoms with E-state index < -0.39 is 29.5 Å². The lowest BCUT2D eigenvalue weighted by Crippen LogP contribution is -2.36. The number of amides is 4. The number of carbonyl (C=O) groups is 4. The number of hydrogen-bond donors (Lipinski definition) is 2. The first kappa shape index (κ1) is 29.2. The molecule has 4 rings (SSSR count). The molecule has 0 aromatic heterocycles. The summed E-state index contributed by atoms with van der Waals surface area (Å²) in [6.07, 6.45) is 1.53. The summed E-state index contributed by atoms with van der Waals surface area (Å²) in [5.41, 5.74) is 1.57. The smallest absolute Gasteiger partial charge is 0.294 e. The zero-order chi connectivity index (χ0) is 28.6. The van der Waals surface area contributed by atoms with E-state index in [4.69, 9.17) is 21.1 Å². The number of rotatable bonds is 10. The van der Waals surface area contributed by atoms with Crippen molar-refractivity contribution in [3.8, 4) is 11.5 Å². The summed E-state index contributed by atoms with van der Waals surface area (Å²) in [6.45, 7) is 1.38. The molecule has 1 fully saturated rings. The fraction of sp³-hybridized carbons (Fsp3) is 0.143. The van der Waals surface area contributed by atoms with Crippen LogP contribution in [-0.2, 0) is 14.4 Å². The molecule has 4 amide bonds. The van der Waals surface area contributed by atoms with Crippen molar-refractivity contribution < 1.29 is 28.7 Å². The number of carbonyl (C=O) groups excluding carboxylic acids is 4. The van der Waals surface area contributed by atoms with Gasteiger partial charge < -0.3 is 20.1 Å². The number of hydrogen-bond acceptors (Lipinski definition) is 7. The highest BCUT2D eigenvalue weighted by Crippen LogP contribution is 2.39. The lowest BCUT2D eigenvalue weighted by Gasteiger charge is -2.15. The third kappa shape index (κ3) is 7.44. The first-order valence-corrected chi connectivity index (χ1v) is 14.0. The highest BCUT2D eigenvalue weighted by Gasteiger charge is 2.36. The number of para-hydroxylation sites is 2. The van der Waals surface area contributed by atoms with Gasteiger partial charge in [-0.2, -0.15) is 0 Å². The molecule has 40 heavy (non-hydrogen) atoms. The third-order valence-electron chi connectivity index (χ3n) is 5.36. The number of imide groups is 1. The molecule has 0 spiro atoms. The summed E-state index contributed by atoms with van der Waals surface area (Å²) in [5.74, 6) is -0.870. The molecule has 3 aromatic carbocycles. The van der Waals surface area contributed by atoms with E-state index in [1.54, 1.807) is 67.6 Å². The van der Waals surface area contributed by atoms with Gasteiger partial charge in [-0.25, -0.2) is 0 Å². The van der Waals surface area contributed by atoms with Crippen molar-refractivity contribution in [3.05, 3.63) is 86.7 Å². The largest absolute Gasteiger partial charge is 0.490 e. The van der Waals surface area contributed by atoms with Crippen LogP contribution < -0.4 is 20.1 Å². The van der Waals surface area contributed by atoms with Crippen LogP contribution in [0.2, 0.25) is 5.02 Å². The van der Waals surface area contributed by atoms with E-state index in [1.165, 1.54) is 6.08 Å². The van der Waals surface area contributed by atoms with Crippen LogP contribution in [0.25, 0.3) is 6.08 Å². The molecule has 1 heterocycles. The zero-order valence-electron chi connectivity index (χ0n) is 21.1. The van der Waals surface area contributed by atoms with Crippen molar-refractivity contribution >= 4 is 79.7 Å². The number of thioether (sulfide) groups is 1. The normalized spacial score (nSPS) is 13.9. The topological polar surface area (TPSA) is 114 Å². The van der Waals surface area contributed by atoms with Crippen LogP contribution in [-0.4, -0.2) is 47.6 Å². The Bertz CT molecular complexity index is 1480. The number of anilines is 2. The Labute approximate surface area is 248 Å². The van der Waals surface area contributed by atoms with Gasteiger partial charge in [0.1, 0.15) is 6.54 Å². The van der Waals surface area contributed by atoms with Crippen molar-refractivity contribution in [1.29, 1.82) is 0 Å². The van der Waals surface area contributed by atoms with Gasteiger partial charge in [-0.15, -0.1) is 0 Å². The molecule has 0 radical (unpaired) electrons. The molecular formula is C28H23BrClN3O6S. The van der Waals surface area contributed by atoms with Gasteiger partial charge in [0.05, 0.1) is 26.7 Å². The van der Waals surface area contributed by atoms with Crippen LogP contribution in [0.4, 0.5) is 16.2 Å². The molecule has 12 heteroatoms. The summed E-state index contributed by atoms with van der Waals surface area (Å²) in [7, 11) is 0. The average Bonchev–Trinajstić information content (AvgIpc) is 3.17. The van der Waals surface area contributed by atoms with Gasteiger partial charge in [0, 0.05) is 5.69 Å². The molecule has 1 aliphatic rings. The summed E-state index contributed by atoms with van der Waals surface area (Å²) < 4.78 is 11.9. The highest BCUT2D eigenvalue weighted by molar-refractivity contribution is 9.10. The van der Waals surface area contributed by atoms with Crippen LogP contribution in [0.1, 0.15) is 12.5 Å². The Morgan fingerprint density at radius 2 is 1.73 bits per heavy atom. The maximum Gasteiger partial charge on any atom is 0.294 e.